The molecular formula is C13H12ClIN2O. The van der Waals surface area contributed by atoms with E-state index >= 15 is 0 Å². The van der Waals surface area contributed by atoms with E-state index in [1.807, 2.05) is 0 Å². The maximum Gasteiger partial charge on any atom is 0.252 e. The molecule has 1 amide bonds. The summed E-state index contributed by atoms with van der Waals surface area (Å²) >= 11 is 8.10. The van der Waals surface area contributed by atoms with Gasteiger partial charge in [-0.05, 0) is 66.5 Å². The molecule has 94 valence electrons. The van der Waals surface area contributed by atoms with Crippen LogP contribution in [0.4, 0.5) is 0 Å². The van der Waals surface area contributed by atoms with E-state index in [-0.39, 0.29) is 5.91 Å². The van der Waals surface area contributed by atoms with Gasteiger partial charge in [0, 0.05) is 9.13 Å². The van der Waals surface area contributed by atoms with Crippen LogP contribution in [0.3, 0.4) is 0 Å². The Morgan fingerprint density at radius 2 is 2.11 bits per heavy atom. The second-order valence-corrected chi connectivity index (χ2v) is 6.05. The molecule has 0 aliphatic heterocycles. The first kappa shape index (κ1) is 13.6. The van der Waals surface area contributed by atoms with Crippen LogP contribution in [-0.2, 0) is 0 Å². The number of amides is 1. The summed E-state index contributed by atoms with van der Waals surface area (Å²) in [5, 5.41) is 12.6. The molecule has 0 radical (unpaired) electrons. The van der Waals surface area contributed by atoms with Gasteiger partial charge in [-0.1, -0.05) is 11.6 Å². The number of hydrogen-bond acceptors (Lipinski definition) is 2. The van der Waals surface area contributed by atoms with Crippen LogP contribution in [0, 0.1) is 14.9 Å². The molecule has 1 saturated carbocycles. The lowest BCUT2D eigenvalue weighted by molar-refractivity contribution is 0.0920. The van der Waals surface area contributed by atoms with Crippen LogP contribution in [0.5, 0.6) is 0 Å². The zero-order chi connectivity index (χ0) is 13.2. The number of rotatable bonds is 2. The summed E-state index contributed by atoms with van der Waals surface area (Å²) in [4.78, 5) is 12.1. The molecule has 5 heteroatoms. The Labute approximate surface area is 125 Å². The molecule has 0 atom stereocenters. The standard InChI is InChI=1S/C13H12ClIN2O/c14-10-7-9(3-4-11(10)15)12(18)17-13(8-16)5-1-2-6-13/h3-4,7H,1-2,5-6H2,(H,17,18). The Morgan fingerprint density at radius 1 is 1.44 bits per heavy atom. The third kappa shape index (κ3) is 2.78. The fraction of sp³-hybridized carbons (Fsp3) is 0.385. The summed E-state index contributed by atoms with van der Waals surface area (Å²) in [6, 6.07) is 7.40. The lowest BCUT2D eigenvalue weighted by Gasteiger charge is -2.22. The maximum absolute atomic E-state index is 12.1. The Hall–Kier alpha value is -0.800. The van der Waals surface area contributed by atoms with Gasteiger partial charge in [0.2, 0.25) is 0 Å². The van der Waals surface area contributed by atoms with Crippen molar-refractivity contribution in [3.05, 3.63) is 32.4 Å². The first-order chi connectivity index (χ1) is 8.56. The van der Waals surface area contributed by atoms with E-state index in [1.165, 1.54) is 0 Å². The number of nitrogens with one attached hydrogen (secondary N) is 1. The van der Waals surface area contributed by atoms with Crippen LogP contribution in [-0.4, -0.2) is 11.4 Å². The number of nitriles is 1. The van der Waals surface area contributed by atoms with Crippen LogP contribution in [0.15, 0.2) is 18.2 Å². The first-order valence-corrected chi connectivity index (χ1v) is 7.21. The molecule has 2 rings (SSSR count). The van der Waals surface area contributed by atoms with Crippen LogP contribution >= 0.6 is 34.2 Å². The van der Waals surface area contributed by atoms with Gasteiger partial charge in [-0.2, -0.15) is 5.26 Å². The topological polar surface area (TPSA) is 52.9 Å². The molecule has 0 heterocycles. The minimum absolute atomic E-state index is 0.225. The largest absolute Gasteiger partial charge is 0.334 e. The molecule has 1 aliphatic carbocycles. The number of hydrogen-bond donors (Lipinski definition) is 1. The third-order valence-electron chi connectivity index (χ3n) is 3.21. The Kier molecular flexibility index (Phi) is 4.13. The van der Waals surface area contributed by atoms with Crippen LogP contribution in [0.25, 0.3) is 0 Å². The summed E-state index contributed by atoms with van der Waals surface area (Å²) in [5.41, 5.74) is -0.186. The summed E-state index contributed by atoms with van der Waals surface area (Å²) in [5.74, 6) is -0.225. The van der Waals surface area contributed by atoms with E-state index in [0.29, 0.717) is 10.6 Å². The van der Waals surface area contributed by atoms with Crippen molar-refractivity contribution in [3.8, 4) is 6.07 Å². The molecule has 0 spiro atoms. The fourth-order valence-electron chi connectivity index (χ4n) is 2.17. The first-order valence-electron chi connectivity index (χ1n) is 5.75. The zero-order valence-corrected chi connectivity index (χ0v) is 12.6. The lowest BCUT2D eigenvalue weighted by Crippen LogP contribution is -2.45. The fourth-order valence-corrected chi connectivity index (χ4v) is 2.69. The highest BCUT2D eigenvalue weighted by molar-refractivity contribution is 14.1. The molecule has 1 aliphatic rings. The number of carbonyl (C=O) groups is 1. The number of nitrogens with zero attached hydrogens (tertiary/aromatic N) is 1. The Morgan fingerprint density at radius 3 is 2.67 bits per heavy atom. The van der Waals surface area contributed by atoms with Gasteiger partial charge in [-0.25, -0.2) is 0 Å². The van der Waals surface area contributed by atoms with Crippen molar-refractivity contribution in [2.45, 2.75) is 31.2 Å². The number of carbonyl (C=O) groups excluding carboxylic acids is 1. The highest BCUT2D eigenvalue weighted by atomic mass is 127. The third-order valence-corrected chi connectivity index (χ3v) is 4.78. The minimum atomic E-state index is -0.688. The van der Waals surface area contributed by atoms with E-state index in [9.17, 15) is 10.1 Å². The summed E-state index contributed by atoms with van der Waals surface area (Å²) < 4.78 is 0.904. The Bertz CT molecular complexity index is 518. The molecule has 1 fully saturated rings. The van der Waals surface area contributed by atoms with Crippen molar-refractivity contribution in [2.24, 2.45) is 0 Å². The quantitative estimate of drug-likeness (QED) is 0.806. The maximum atomic E-state index is 12.1. The molecule has 0 unspecified atom stereocenters. The monoisotopic (exact) mass is 374 g/mol. The van der Waals surface area contributed by atoms with Crippen molar-refractivity contribution in [1.82, 2.24) is 5.32 Å². The van der Waals surface area contributed by atoms with Crippen LogP contribution in [0.2, 0.25) is 5.02 Å². The molecule has 0 saturated heterocycles. The minimum Gasteiger partial charge on any atom is -0.334 e. The Balaban J connectivity index is 2.17. The second kappa shape index (κ2) is 5.45. The molecule has 3 nitrogen and oxygen atoms in total. The number of benzene rings is 1. The second-order valence-electron chi connectivity index (χ2n) is 4.48. The summed E-state index contributed by atoms with van der Waals surface area (Å²) in [6.07, 6.45) is 3.43. The average Bonchev–Trinajstić information content (AvgIpc) is 2.82. The highest BCUT2D eigenvalue weighted by Crippen LogP contribution is 2.29. The van der Waals surface area contributed by atoms with E-state index in [0.717, 1.165) is 29.3 Å². The van der Waals surface area contributed by atoms with Crippen molar-refractivity contribution < 1.29 is 4.79 Å². The smallest absolute Gasteiger partial charge is 0.252 e. The molecule has 18 heavy (non-hydrogen) atoms. The van der Waals surface area contributed by atoms with Crippen molar-refractivity contribution >= 4 is 40.1 Å². The van der Waals surface area contributed by atoms with Gasteiger partial charge in [-0.15, -0.1) is 0 Å². The van der Waals surface area contributed by atoms with Crippen molar-refractivity contribution in [1.29, 1.82) is 5.26 Å². The lowest BCUT2D eigenvalue weighted by atomic mass is 9.99. The normalized spacial score (nSPS) is 17.2. The summed E-state index contributed by atoms with van der Waals surface area (Å²) in [6.45, 7) is 0. The van der Waals surface area contributed by atoms with Gasteiger partial charge in [-0.3, -0.25) is 4.79 Å². The van der Waals surface area contributed by atoms with E-state index < -0.39 is 5.54 Å². The van der Waals surface area contributed by atoms with Gasteiger partial charge in [0.05, 0.1) is 11.1 Å². The zero-order valence-electron chi connectivity index (χ0n) is 9.67. The average molecular weight is 375 g/mol. The van der Waals surface area contributed by atoms with Crippen LogP contribution in [0.1, 0.15) is 36.0 Å². The summed E-state index contributed by atoms with van der Waals surface area (Å²) in [7, 11) is 0. The van der Waals surface area contributed by atoms with E-state index in [2.05, 4.69) is 34.0 Å². The van der Waals surface area contributed by atoms with Gasteiger partial charge in [0.25, 0.3) is 5.91 Å². The SMILES string of the molecule is N#CC1(NC(=O)c2ccc(I)c(Cl)c2)CCCC1. The van der Waals surface area contributed by atoms with Gasteiger partial charge in [0.1, 0.15) is 5.54 Å². The van der Waals surface area contributed by atoms with Crippen molar-refractivity contribution in [2.75, 3.05) is 0 Å². The molecular weight excluding hydrogens is 363 g/mol. The number of halogens is 2. The molecule has 0 bridgehead atoms. The van der Waals surface area contributed by atoms with Gasteiger partial charge < -0.3 is 5.32 Å². The molecule has 1 N–H and O–H groups in total. The molecule has 1 aromatic carbocycles. The predicted molar refractivity (Wildman–Crippen MR) is 78.4 cm³/mol. The van der Waals surface area contributed by atoms with E-state index in [1.54, 1.807) is 18.2 Å². The van der Waals surface area contributed by atoms with Gasteiger partial charge in [0.15, 0.2) is 0 Å². The molecule has 0 aromatic heterocycles. The molecule has 1 aromatic rings. The van der Waals surface area contributed by atoms with Crippen molar-refractivity contribution in [3.63, 3.8) is 0 Å². The highest BCUT2D eigenvalue weighted by Gasteiger charge is 2.35. The van der Waals surface area contributed by atoms with E-state index in [4.69, 9.17) is 11.6 Å². The van der Waals surface area contributed by atoms with Gasteiger partial charge >= 0.3 is 0 Å². The predicted octanol–water partition coefficient (Wildman–Crippen LogP) is 3.51. The van der Waals surface area contributed by atoms with Crippen LogP contribution < -0.4 is 5.32 Å².